The van der Waals surface area contributed by atoms with Gasteiger partial charge in [0.1, 0.15) is 5.75 Å². The molecule has 0 bridgehead atoms. The molecule has 0 spiro atoms. The lowest BCUT2D eigenvalue weighted by atomic mass is 10.2. The Morgan fingerprint density at radius 2 is 1.81 bits per heavy atom. The van der Waals surface area contributed by atoms with Crippen LogP contribution in [0.2, 0.25) is 0 Å². The minimum absolute atomic E-state index is 0.0258. The first-order chi connectivity index (χ1) is 12.8. The molecule has 2 aromatic carbocycles. The summed E-state index contributed by atoms with van der Waals surface area (Å²) in [6, 6.07) is 16.7. The van der Waals surface area contributed by atoms with Gasteiger partial charge >= 0.3 is 10.1 Å². The van der Waals surface area contributed by atoms with Crippen molar-refractivity contribution in [2.24, 2.45) is 0 Å². The van der Waals surface area contributed by atoms with E-state index in [1.165, 1.54) is 18.7 Å². The van der Waals surface area contributed by atoms with E-state index in [2.05, 4.69) is 0 Å². The molecule has 0 saturated carbocycles. The summed E-state index contributed by atoms with van der Waals surface area (Å²) < 4.78 is 28.4. The third-order valence-electron chi connectivity index (χ3n) is 3.88. The van der Waals surface area contributed by atoms with Crippen LogP contribution < -0.4 is 4.18 Å². The van der Waals surface area contributed by atoms with E-state index in [0.29, 0.717) is 12.3 Å². The molecule has 0 radical (unpaired) electrons. The molecule has 0 aliphatic heterocycles. The van der Waals surface area contributed by atoms with Gasteiger partial charge in [-0.15, -0.1) is 11.8 Å². The largest absolute Gasteiger partial charge is 0.382 e. The molecule has 5 nitrogen and oxygen atoms in total. The van der Waals surface area contributed by atoms with Crippen LogP contribution in [0.1, 0.15) is 26.3 Å². The molecule has 0 atom stereocenters. The summed E-state index contributed by atoms with van der Waals surface area (Å²) in [6.45, 7) is 5.86. The molecule has 2 aromatic rings. The lowest BCUT2D eigenvalue weighted by Gasteiger charge is -2.27. The summed E-state index contributed by atoms with van der Waals surface area (Å²) >= 11 is 1.50. The van der Waals surface area contributed by atoms with Crippen LogP contribution in [0.4, 0.5) is 0 Å². The SMILES string of the molecule is CCS(=O)(=O)Oc1cccc(CN(C(=O)CSc2ccccc2)C(C)C)c1. The Morgan fingerprint density at radius 1 is 1.11 bits per heavy atom. The van der Waals surface area contributed by atoms with Crippen molar-refractivity contribution in [2.75, 3.05) is 11.5 Å². The summed E-state index contributed by atoms with van der Waals surface area (Å²) in [6.07, 6.45) is 0. The van der Waals surface area contributed by atoms with Crippen LogP contribution in [0.15, 0.2) is 59.5 Å². The highest BCUT2D eigenvalue weighted by atomic mass is 32.2. The smallest absolute Gasteiger partial charge is 0.308 e. The molecule has 0 N–H and O–H groups in total. The Labute approximate surface area is 165 Å². The molecule has 0 aromatic heterocycles. The molecule has 7 heteroatoms. The van der Waals surface area contributed by atoms with Crippen LogP contribution in [0, 0.1) is 0 Å². The van der Waals surface area contributed by atoms with Gasteiger partial charge < -0.3 is 9.08 Å². The van der Waals surface area contributed by atoms with Gasteiger partial charge in [0.15, 0.2) is 0 Å². The highest BCUT2D eigenvalue weighted by molar-refractivity contribution is 8.00. The van der Waals surface area contributed by atoms with Crippen LogP contribution in [0.5, 0.6) is 5.75 Å². The van der Waals surface area contributed by atoms with E-state index >= 15 is 0 Å². The van der Waals surface area contributed by atoms with Gasteiger partial charge in [-0.1, -0.05) is 30.3 Å². The zero-order valence-electron chi connectivity index (χ0n) is 15.8. The van der Waals surface area contributed by atoms with Crippen molar-refractivity contribution in [1.29, 1.82) is 0 Å². The Hall–Kier alpha value is -1.99. The summed E-state index contributed by atoms with van der Waals surface area (Å²) in [5.41, 5.74) is 0.825. The van der Waals surface area contributed by atoms with Crippen LogP contribution >= 0.6 is 11.8 Å². The average Bonchev–Trinajstić information content (AvgIpc) is 2.65. The predicted molar refractivity (Wildman–Crippen MR) is 109 cm³/mol. The Bertz CT molecular complexity index is 851. The monoisotopic (exact) mass is 407 g/mol. The molecule has 146 valence electrons. The molecule has 1 amide bonds. The molecule has 0 saturated heterocycles. The predicted octanol–water partition coefficient (Wildman–Crippen LogP) is 3.94. The number of benzene rings is 2. The lowest BCUT2D eigenvalue weighted by Crippen LogP contribution is -2.37. The van der Waals surface area contributed by atoms with Gasteiger partial charge in [0.2, 0.25) is 5.91 Å². The molecule has 27 heavy (non-hydrogen) atoms. The van der Waals surface area contributed by atoms with E-state index in [4.69, 9.17) is 4.18 Å². The van der Waals surface area contributed by atoms with Crippen LogP contribution in [0.25, 0.3) is 0 Å². The minimum atomic E-state index is -3.57. The van der Waals surface area contributed by atoms with Gasteiger partial charge in [0, 0.05) is 17.5 Å². The van der Waals surface area contributed by atoms with Crippen molar-refractivity contribution in [2.45, 2.75) is 38.3 Å². The Kier molecular flexibility index (Phi) is 7.74. The van der Waals surface area contributed by atoms with Crippen LogP contribution in [-0.4, -0.2) is 36.8 Å². The molecule has 0 heterocycles. The van der Waals surface area contributed by atoms with Crippen molar-refractivity contribution >= 4 is 27.8 Å². The maximum absolute atomic E-state index is 12.7. The highest BCUT2D eigenvalue weighted by Crippen LogP contribution is 2.21. The first-order valence-corrected chi connectivity index (χ1v) is 11.4. The second-order valence-electron chi connectivity index (χ2n) is 6.29. The number of carbonyl (C=O) groups is 1. The molecule has 0 aliphatic carbocycles. The second-order valence-corrected chi connectivity index (χ2v) is 9.20. The van der Waals surface area contributed by atoms with Crippen molar-refractivity contribution in [3.8, 4) is 5.75 Å². The van der Waals surface area contributed by atoms with Gasteiger partial charge in [0.25, 0.3) is 0 Å². The van der Waals surface area contributed by atoms with E-state index in [-0.39, 0.29) is 23.5 Å². The maximum atomic E-state index is 12.7. The number of hydrogen-bond donors (Lipinski definition) is 0. The van der Waals surface area contributed by atoms with Gasteiger partial charge in [-0.3, -0.25) is 4.79 Å². The van der Waals surface area contributed by atoms with E-state index < -0.39 is 10.1 Å². The molecular formula is C20H25NO4S2. The van der Waals surface area contributed by atoms with Crippen molar-refractivity contribution in [3.05, 3.63) is 60.2 Å². The molecule has 0 fully saturated rings. The van der Waals surface area contributed by atoms with Gasteiger partial charge in [-0.05, 0) is 50.6 Å². The average molecular weight is 408 g/mol. The summed E-state index contributed by atoms with van der Waals surface area (Å²) in [7, 11) is -3.57. The van der Waals surface area contributed by atoms with E-state index in [1.807, 2.05) is 50.2 Å². The summed E-state index contributed by atoms with van der Waals surface area (Å²) in [5.74, 6) is 0.558. The minimum Gasteiger partial charge on any atom is -0.382 e. The third-order valence-corrected chi connectivity index (χ3v) is 6.03. The Balaban J connectivity index is 2.06. The normalized spacial score (nSPS) is 11.4. The summed E-state index contributed by atoms with van der Waals surface area (Å²) in [5, 5.41) is 0. The fourth-order valence-corrected chi connectivity index (χ4v) is 3.72. The number of thioether (sulfide) groups is 1. The Morgan fingerprint density at radius 3 is 2.44 bits per heavy atom. The first kappa shape index (κ1) is 21.3. The number of hydrogen-bond acceptors (Lipinski definition) is 5. The van der Waals surface area contributed by atoms with Crippen molar-refractivity contribution in [1.82, 2.24) is 4.90 Å². The number of rotatable bonds is 9. The lowest BCUT2D eigenvalue weighted by molar-refractivity contribution is -0.130. The topological polar surface area (TPSA) is 63.7 Å². The van der Waals surface area contributed by atoms with Crippen molar-refractivity contribution in [3.63, 3.8) is 0 Å². The zero-order chi connectivity index (χ0) is 19.9. The van der Waals surface area contributed by atoms with Gasteiger partial charge in [-0.25, -0.2) is 0 Å². The van der Waals surface area contributed by atoms with E-state index in [0.717, 1.165) is 10.5 Å². The maximum Gasteiger partial charge on any atom is 0.308 e. The van der Waals surface area contributed by atoms with Crippen LogP contribution in [-0.2, 0) is 21.5 Å². The van der Waals surface area contributed by atoms with E-state index in [1.54, 1.807) is 23.1 Å². The standard InChI is InChI=1S/C20H25NO4S2/c1-4-27(23,24)25-18-10-8-9-17(13-18)14-21(16(2)3)20(22)15-26-19-11-6-5-7-12-19/h5-13,16H,4,14-15H2,1-3H3. The fraction of sp³-hybridized carbons (Fsp3) is 0.350. The number of amides is 1. The highest BCUT2D eigenvalue weighted by Gasteiger charge is 2.18. The number of carbonyl (C=O) groups excluding carboxylic acids is 1. The molecule has 2 rings (SSSR count). The quantitative estimate of drug-likeness (QED) is 0.465. The molecular weight excluding hydrogens is 382 g/mol. The number of nitrogens with zero attached hydrogens (tertiary/aromatic N) is 1. The van der Waals surface area contributed by atoms with Gasteiger partial charge in [0.05, 0.1) is 11.5 Å². The van der Waals surface area contributed by atoms with Crippen LogP contribution in [0.3, 0.4) is 0 Å². The zero-order valence-corrected chi connectivity index (χ0v) is 17.4. The van der Waals surface area contributed by atoms with Crippen molar-refractivity contribution < 1.29 is 17.4 Å². The third kappa shape index (κ3) is 6.92. The fourth-order valence-electron chi connectivity index (χ4n) is 2.40. The van der Waals surface area contributed by atoms with Gasteiger partial charge in [-0.2, -0.15) is 8.42 Å². The second kappa shape index (κ2) is 9.80. The van der Waals surface area contributed by atoms with E-state index in [9.17, 15) is 13.2 Å². The molecule has 0 aliphatic rings. The molecule has 0 unspecified atom stereocenters. The first-order valence-electron chi connectivity index (χ1n) is 8.79. The summed E-state index contributed by atoms with van der Waals surface area (Å²) in [4.78, 5) is 15.5.